The van der Waals surface area contributed by atoms with E-state index in [9.17, 15) is 19.8 Å². The number of aromatic hydroxyl groups is 2. The molecule has 0 aliphatic heterocycles. The fourth-order valence-electron chi connectivity index (χ4n) is 1.85. The highest BCUT2D eigenvalue weighted by Gasteiger charge is 2.20. The molecule has 0 saturated carbocycles. The maximum atomic E-state index is 12.0. The molecular formula is C20H28O5. The fourth-order valence-corrected chi connectivity index (χ4v) is 1.85. The Morgan fingerprint density at radius 1 is 1.20 bits per heavy atom. The number of ketones is 1. The van der Waals surface area contributed by atoms with Crippen molar-refractivity contribution < 1.29 is 24.5 Å². The summed E-state index contributed by atoms with van der Waals surface area (Å²) in [5, 5.41) is 19.4. The van der Waals surface area contributed by atoms with Crippen LogP contribution in [0.3, 0.4) is 0 Å². The van der Waals surface area contributed by atoms with E-state index in [4.69, 9.17) is 4.74 Å². The zero-order valence-corrected chi connectivity index (χ0v) is 15.2. The highest BCUT2D eigenvalue weighted by molar-refractivity contribution is 5.98. The van der Waals surface area contributed by atoms with Crippen molar-refractivity contribution in [3.8, 4) is 11.5 Å². The molecule has 0 bridgehead atoms. The van der Waals surface area contributed by atoms with Crippen molar-refractivity contribution in [1.29, 1.82) is 0 Å². The maximum Gasteiger partial charge on any atom is 0.342 e. The van der Waals surface area contributed by atoms with Crippen LogP contribution in [0.2, 0.25) is 0 Å². The monoisotopic (exact) mass is 348 g/mol. The second kappa shape index (κ2) is 12.8. The molecular weight excluding hydrogens is 320 g/mol. The predicted molar refractivity (Wildman–Crippen MR) is 99.0 cm³/mol. The van der Waals surface area contributed by atoms with E-state index in [1.165, 1.54) is 18.6 Å². The number of rotatable bonds is 8. The first-order chi connectivity index (χ1) is 11.9. The van der Waals surface area contributed by atoms with Crippen LogP contribution in [0.25, 0.3) is 0 Å². The molecule has 0 amide bonds. The number of carbonyl (C=O) groups is 2. The highest BCUT2D eigenvalue weighted by atomic mass is 16.5. The predicted octanol–water partition coefficient (Wildman–Crippen LogP) is 4.32. The van der Waals surface area contributed by atoms with Crippen LogP contribution in [0.4, 0.5) is 0 Å². The summed E-state index contributed by atoms with van der Waals surface area (Å²) >= 11 is 0. The average molecular weight is 348 g/mol. The molecule has 0 unspecified atom stereocenters. The molecule has 0 atom stereocenters. The van der Waals surface area contributed by atoms with E-state index in [2.05, 4.69) is 20.4 Å². The minimum absolute atomic E-state index is 0.0971. The van der Waals surface area contributed by atoms with Crippen molar-refractivity contribution in [3.63, 3.8) is 0 Å². The number of carbonyl (C=O) groups excluding carboxylic acids is 2. The maximum absolute atomic E-state index is 12.0. The van der Waals surface area contributed by atoms with Crippen LogP contribution in [0, 0.1) is 0 Å². The molecule has 0 heterocycles. The van der Waals surface area contributed by atoms with Crippen LogP contribution in [-0.4, -0.2) is 28.6 Å². The van der Waals surface area contributed by atoms with Crippen LogP contribution < -0.4 is 0 Å². The Hall–Kier alpha value is -2.56. The van der Waals surface area contributed by atoms with E-state index in [1.807, 2.05) is 6.92 Å². The van der Waals surface area contributed by atoms with Gasteiger partial charge in [0.05, 0.1) is 6.61 Å². The first-order valence-corrected chi connectivity index (χ1v) is 8.43. The summed E-state index contributed by atoms with van der Waals surface area (Å²) in [5.41, 5.74) is 0.131. The van der Waals surface area contributed by atoms with Gasteiger partial charge in [0.2, 0.25) is 0 Å². The molecule has 1 aromatic rings. The van der Waals surface area contributed by atoms with E-state index < -0.39 is 11.7 Å². The zero-order chi connectivity index (χ0) is 19.2. The molecule has 2 N–H and O–H groups in total. The number of esters is 1. The molecule has 0 fully saturated rings. The summed E-state index contributed by atoms with van der Waals surface area (Å²) in [6.45, 7) is 9.79. The Kier molecular flexibility index (Phi) is 11.5. The summed E-state index contributed by atoms with van der Waals surface area (Å²) < 4.78 is 5.01. The number of hydrogen-bond donors (Lipinski definition) is 2. The fraction of sp³-hybridized carbons (Fsp3) is 0.400. The summed E-state index contributed by atoms with van der Waals surface area (Å²) in [6.07, 6.45) is 7.06. The minimum Gasteiger partial charge on any atom is -0.508 e. The van der Waals surface area contributed by atoms with Gasteiger partial charge in [-0.3, -0.25) is 4.79 Å². The summed E-state index contributed by atoms with van der Waals surface area (Å²) in [4.78, 5) is 23.9. The number of ether oxygens (including phenoxy) is 1. The molecule has 0 aliphatic rings. The van der Waals surface area contributed by atoms with Crippen molar-refractivity contribution in [2.24, 2.45) is 0 Å². The number of phenols is 2. The number of benzene rings is 1. The normalized spacial score (nSPS) is 10.0. The Balaban J connectivity index is 0.00000178. The van der Waals surface area contributed by atoms with Gasteiger partial charge >= 0.3 is 5.97 Å². The molecule has 0 saturated heterocycles. The van der Waals surface area contributed by atoms with Crippen LogP contribution in [-0.2, 0) is 16.0 Å². The highest BCUT2D eigenvalue weighted by Crippen LogP contribution is 2.28. The van der Waals surface area contributed by atoms with E-state index in [1.54, 1.807) is 12.2 Å². The molecule has 0 spiro atoms. The van der Waals surface area contributed by atoms with Gasteiger partial charge in [-0.2, -0.15) is 0 Å². The topological polar surface area (TPSA) is 83.8 Å². The van der Waals surface area contributed by atoms with E-state index in [0.29, 0.717) is 12.8 Å². The van der Waals surface area contributed by atoms with Gasteiger partial charge in [-0.05, 0) is 30.5 Å². The molecule has 0 radical (unpaired) electrons. The standard InChI is InChI=1S/C17H20O5.C3H8/c1-3-5-7-13(18)9-12-10-14(19)11-15(20)16(12)17(21)22-8-6-4-2;1-3-2/h4-5,7,10-11,19-20H,2-3,6,8-9H2,1H3;3H2,1-2H3/b7-5+;. The molecule has 138 valence electrons. The van der Waals surface area contributed by atoms with Gasteiger partial charge in [-0.1, -0.05) is 39.3 Å². The third-order valence-electron chi connectivity index (χ3n) is 2.85. The van der Waals surface area contributed by atoms with Crippen LogP contribution in [0.5, 0.6) is 11.5 Å². The molecule has 5 nitrogen and oxygen atoms in total. The molecule has 1 rings (SSSR count). The Bertz CT molecular complexity index is 602. The van der Waals surface area contributed by atoms with Crippen molar-refractivity contribution in [1.82, 2.24) is 0 Å². The van der Waals surface area contributed by atoms with Crippen molar-refractivity contribution >= 4 is 11.8 Å². The first kappa shape index (κ1) is 22.4. The van der Waals surface area contributed by atoms with Gasteiger partial charge in [0.1, 0.15) is 17.1 Å². The molecule has 25 heavy (non-hydrogen) atoms. The van der Waals surface area contributed by atoms with Crippen molar-refractivity contribution in [2.45, 2.75) is 46.5 Å². The van der Waals surface area contributed by atoms with Gasteiger partial charge in [-0.15, -0.1) is 6.58 Å². The van der Waals surface area contributed by atoms with Crippen LogP contribution in [0.15, 0.2) is 36.9 Å². The zero-order valence-electron chi connectivity index (χ0n) is 15.2. The van der Waals surface area contributed by atoms with E-state index in [-0.39, 0.29) is 35.7 Å². The lowest BCUT2D eigenvalue weighted by molar-refractivity contribution is -0.114. The summed E-state index contributed by atoms with van der Waals surface area (Å²) in [7, 11) is 0. The number of phenolic OH excluding ortho intramolecular Hbond substituents is 2. The van der Waals surface area contributed by atoms with Crippen molar-refractivity contribution in [3.05, 3.63) is 48.1 Å². The lowest BCUT2D eigenvalue weighted by Crippen LogP contribution is -2.11. The van der Waals surface area contributed by atoms with Crippen LogP contribution >= 0.6 is 0 Å². The second-order valence-electron chi connectivity index (χ2n) is 5.37. The SMILES string of the molecule is C=CCCOC(=O)c1c(O)cc(O)cc1CC(=O)/C=C/CC.CCC. The van der Waals surface area contributed by atoms with E-state index in [0.717, 1.165) is 6.07 Å². The van der Waals surface area contributed by atoms with Crippen molar-refractivity contribution in [2.75, 3.05) is 6.61 Å². The summed E-state index contributed by atoms with van der Waals surface area (Å²) in [5.74, 6) is -1.60. The Morgan fingerprint density at radius 3 is 2.40 bits per heavy atom. The molecule has 0 aromatic heterocycles. The quantitative estimate of drug-likeness (QED) is 0.316. The van der Waals surface area contributed by atoms with Gasteiger partial charge in [-0.25, -0.2) is 4.79 Å². The van der Waals surface area contributed by atoms with Gasteiger partial charge < -0.3 is 14.9 Å². The Morgan fingerprint density at radius 2 is 1.84 bits per heavy atom. The van der Waals surface area contributed by atoms with Gasteiger partial charge in [0.15, 0.2) is 5.78 Å². The van der Waals surface area contributed by atoms with Gasteiger partial charge in [0.25, 0.3) is 0 Å². The van der Waals surface area contributed by atoms with Gasteiger partial charge in [0, 0.05) is 12.5 Å². The first-order valence-electron chi connectivity index (χ1n) is 8.43. The molecule has 1 aromatic carbocycles. The smallest absolute Gasteiger partial charge is 0.342 e. The minimum atomic E-state index is -0.735. The number of hydrogen-bond acceptors (Lipinski definition) is 5. The third-order valence-corrected chi connectivity index (χ3v) is 2.85. The lowest BCUT2D eigenvalue weighted by Gasteiger charge is -2.11. The average Bonchev–Trinajstić information content (AvgIpc) is 2.53. The molecule has 0 aliphatic carbocycles. The Labute approximate surface area is 149 Å². The summed E-state index contributed by atoms with van der Waals surface area (Å²) in [6, 6.07) is 2.32. The lowest BCUT2D eigenvalue weighted by atomic mass is 10.0. The molecule has 5 heteroatoms. The number of allylic oxidation sites excluding steroid dienone is 2. The largest absolute Gasteiger partial charge is 0.508 e. The third kappa shape index (κ3) is 8.74. The van der Waals surface area contributed by atoms with Crippen LogP contribution in [0.1, 0.15) is 56.0 Å². The second-order valence-corrected chi connectivity index (χ2v) is 5.37. The van der Waals surface area contributed by atoms with E-state index >= 15 is 0 Å².